The van der Waals surface area contributed by atoms with E-state index in [-0.39, 0.29) is 35.7 Å². The van der Waals surface area contributed by atoms with Gasteiger partial charge in [-0.3, -0.25) is 29.0 Å². The molecule has 0 saturated carbocycles. The topological polar surface area (TPSA) is 106 Å². The number of nitrogens with one attached hydrogen (secondary N) is 2. The second-order valence-electron chi connectivity index (χ2n) is 17.8. The van der Waals surface area contributed by atoms with Crippen LogP contribution < -0.4 is 0 Å². The van der Waals surface area contributed by atoms with Crippen LogP contribution in [0.25, 0.3) is 54.4 Å². The number of benzene rings is 4. The number of imide groups is 2. The third-order valence-electron chi connectivity index (χ3n) is 13.7. The van der Waals surface area contributed by atoms with E-state index < -0.39 is 0 Å². The number of para-hydroxylation sites is 2. The maximum absolute atomic E-state index is 15.6. The minimum atomic E-state index is -0.330. The van der Waals surface area contributed by atoms with E-state index in [4.69, 9.17) is 0 Å². The van der Waals surface area contributed by atoms with Crippen molar-refractivity contribution in [2.24, 2.45) is 0 Å². The zero-order valence-corrected chi connectivity index (χ0v) is 36.4. The zero-order chi connectivity index (χ0) is 41.9. The van der Waals surface area contributed by atoms with Crippen molar-refractivity contribution in [3.8, 4) is 0 Å². The molecule has 0 aliphatic carbocycles. The van der Waals surface area contributed by atoms with Crippen LogP contribution in [0.3, 0.4) is 0 Å². The van der Waals surface area contributed by atoms with Crippen LogP contribution in [0.15, 0.2) is 48.5 Å². The summed E-state index contributed by atoms with van der Waals surface area (Å²) in [7, 11) is 0. The van der Waals surface area contributed by atoms with Crippen molar-refractivity contribution < 1.29 is 19.2 Å². The Bertz CT molecular complexity index is 2380. The van der Waals surface area contributed by atoms with Crippen LogP contribution in [-0.2, 0) is 0 Å². The molecule has 0 radical (unpaired) electrons. The molecule has 0 saturated heterocycles. The molecule has 0 atom stereocenters. The Balaban J connectivity index is 1.42. The number of unbranched alkanes of at least 4 members (excludes halogenated alkanes) is 12. The van der Waals surface area contributed by atoms with Crippen molar-refractivity contribution in [2.45, 2.75) is 168 Å². The molecular formula is C52H64N4O4. The average Bonchev–Trinajstić information content (AvgIpc) is 3.83. The Morgan fingerprint density at radius 3 is 1.05 bits per heavy atom. The number of fused-ring (bicyclic) bond motifs is 10. The predicted octanol–water partition coefficient (Wildman–Crippen LogP) is 13.9. The maximum Gasteiger partial charge on any atom is 0.263 e. The van der Waals surface area contributed by atoms with Gasteiger partial charge >= 0.3 is 0 Å². The van der Waals surface area contributed by atoms with E-state index >= 15 is 19.2 Å². The summed E-state index contributed by atoms with van der Waals surface area (Å²) in [6, 6.07) is 15.3. The number of rotatable bonds is 22. The maximum atomic E-state index is 15.6. The normalized spacial score (nSPS) is 14.4. The molecule has 2 aliphatic heterocycles. The zero-order valence-electron chi connectivity index (χ0n) is 36.4. The van der Waals surface area contributed by atoms with Crippen LogP contribution in [-0.4, -0.2) is 55.5 Å². The Labute approximate surface area is 354 Å². The number of aromatic nitrogens is 2. The summed E-state index contributed by atoms with van der Waals surface area (Å²) in [5, 5.41) is 3.89. The highest BCUT2D eigenvalue weighted by Gasteiger charge is 2.47. The van der Waals surface area contributed by atoms with Crippen LogP contribution in [0.5, 0.6) is 0 Å². The van der Waals surface area contributed by atoms with Gasteiger partial charge in [0.2, 0.25) is 0 Å². The highest BCUT2D eigenvalue weighted by molar-refractivity contribution is 6.45. The van der Waals surface area contributed by atoms with Gasteiger partial charge in [-0.05, 0) is 37.8 Å². The summed E-state index contributed by atoms with van der Waals surface area (Å²) in [4.78, 5) is 72.8. The van der Waals surface area contributed by atoms with Crippen molar-refractivity contribution in [3.05, 3.63) is 70.8 Å². The van der Waals surface area contributed by atoms with E-state index in [1.54, 1.807) is 9.80 Å². The Morgan fingerprint density at radius 2 is 0.717 bits per heavy atom. The summed E-state index contributed by atoms with van der Waals surface area (Å²) in [5.41, 5.74) is 4.44. The molecule has 6 aromatic rings. The largest absolute Gasteiger partial charge is 0.354 e. The number of H-pyrrole nitrogens is 2. The molecule has 4 amide bonds. The quantitative estimate of drug-likeness (QED) is 0.0526. The molecule has 8 rings (SSSR count). The molecule has 0 unspecified atom stereocenters. The predicted molar refractivity (Wildman–Crippen MR) is 246 cm³/mol. The van der Waals surface area contributed by atoms with Crippen molar-refractivity contribution >= 4 is 78.0 Å². The third kappa shape index (κ3) is 7.21. The number of hydrogen-bond acceptors (Lipinski definition) is 4. The van der Waals surface area contributed by atoms with Crippen molar-refractivity contribution in [2.75, 3.05) is 0 Å². The molecule has 2 aromatic heterocycles. The number of carbonyl (C=O) groups excluding carboxylic acids is 4. The fourth-order valence-electron chi connectivity index (χ4n) is 10.6. The van der Waals surface area contributed by atoms with Gasteiger partial charge in [-0.2, -0.15) is 0 Å². The molecule has 2 aliphatic rings. The Hall–Kier alpha value is -4.98. The molecular weight excluding hydrogens is 745 g/mol. The molecule has 2 N–H and O–H groups in total. The van der Waals surface area contributed by atoms with Gasteiger partial charge in [0.1, 0.15) is 0 Å². The molecule has 316 valence electrons. The third-order valence-corrected chi connectivity index (χ3v) is 13.7. The standard InChI is InChI=1S/C52H64N4O4/c1-5-9-13-17-25-33(26-18-14-10-6-2)55-49(57)43-39-35-29-21-23-31-37(35)54-48(39)46-42-41(43)45(51(55)59)47-40(36-30-22-24-32-38(36)53-47)44(42)50(58)56(52(46)60)34(27-19-15-11-7-3)28-20-16-12-8-4/h21-24,29-34,53-54H,5-20,25-28H2,1-4H3. The van der Waals surface area contributed by atoms with Crippen molar-refractivity contribution in [1.82, 2.24) is 19.8 Å². The van der Waals surface area contributed by atoms with Gasteiger partial charge in [0.15, 0.2) is 0 Å². The molecule has 0 spiro atoms. The SMILES string of the molecule is CCCCCCC(CCCCCC)N1C(=O)c2c3[nH]c4ccccc4c3c3c4c(c5[nH]c6ccccc6c5c(c24)C1=O)C(=O)N(C(CCCCCC)CCCCCC)C3=O. The van der Waals surface area contributed by atoms with E-state index in [0.717, 1.165) is 150 Å². The highest BCUT2D eigenvalue weighted by atomic mass is 16.2. The monoisotopic (exact) mass is 808 g/mol. The first-order valence-corrected chi connectivity index (χ1v) is 23.6. The molecule has 4 heterocycles. The molecule has 8 heteroatoms. The Kier molecular flexibility index (Phi) is 12.8. The van der Waals surface area contributed by atoms with Gasteiger partial charge in [0.25, 0.3) is 23.6 Å². The van der Waals surface area contributed by atoms with E-state index in [9.17, 15) is 0 Å². The minimum Gasteiger partial charge on any atom is -0.354 e. The van der Waals surface area contributed by atoms with Crippen molar-refractivity contribution in [1.29, 1.82) is 0 Å². The minimum absolute atomic E-state index is 0.270. The molecule has 0 fully saturated rings. The Morgan fingerprint density at radius 1 is 0.400 bits per heavy atom. The first-order chi connectivity index (χ1) is 29.4. The van der Waals surface area contributed by atoms with Crippen LogP contribution in [0.4, 0.5) is 0 Å². The van der Waals surface area contributed by atoms with Gasteiger partial charge in [-0.15, -0.1) is 0 Å². The van der Waals surface area contributed by atoms with Crippen LogP contribution >= 0.6 is 0 Å². The van der Waals surface area contributed by atoms with Gasteiger partial charge in [-0.25, -0.2) is 0 Å². The number of nitrogens with zero attached hydrogens (tertiary/aromatic N) is 2. The lowest BCUT2D eigenvalue weighted by Crippen LogP contribution is -2.49. The first-order valence-electron chi connectivity index (χ1n) is 23.6. The summed E-state index contributed by atoms with van der Waals surface area (Å²) >= 11 is 0. The van der Waals surface area contributed by atoms with Crippen molar-refractivity contribution in [3.63, 3.8) is 0 Å². The molecule has 0 bridgehead atoms. The number of carbonyl (C=O) groups is 4. The fourth-order valence-corrected chi connectivity index (χ4v) is 10.6. The average molecular weight is 809 g/mol. The fraction of sp³-hybridized carbons (Fsp3) is 0.500. The number of hydrogen-bond donors (Lipinski definition) is 2. The second kappa shape index (κ2) is 18.3. The lowest BCUT2D eigenvalue weighted by atomic mass is 9.80. The highest BCUT2D eigenvalue weighted by Crippen LogP contribution is 2.50. The summed E-state index contributed by atoms with van der Waals surface area (Å²) in [6.45, 7) is 8.79. The second-order valence-corrected chi connectivity index (χ2v) is 17.8. The summed E-state index contributed by atoms with van der Waals surface area (Å²) < 4.78 is 0. The van der Waals surface area contributed by atoms with Gasteiger partial charge < -0.3 is 9.97 Å². The summed E-state index contributed by atoms with van der Waals surface area (Å²) in [6.07, 6.45) is 19.8. The van der Waals surface area contributed by atoms with Gasteiger partial charge in [0.05, 0.1) is 33.3 Å². The lowest BCUT2D eigenvalue weighted by molar-refractivity contribution is 0.0498. The van der Waals surface area contributed by atoms with Crippen LogP contribution in [0, 0.1) is 0 Å². The molecule has 60 heavy (non-hydrogen) atoms. The first kappa shape index (κ1) is 41.7. The van der Waals surface area contributed by atoms with E-state index in [2.05, 4.69) is 37.7 Å². The van der Waals surface area contributed by atoms with E-state index in [0.29, 0.717) is 54.8 Å². The van der Waals surface area contributed by atoms with Crippen LogP contribution in [0.2, 0.25) is 0 Å². The molecule has 4 aromatic carbocycles. The van der Waals surface area contributed by atoms with E-state index in [1.165, 1.54) is 0 Å². The van der Waals surface area contributed by atoms with Crippen LogP contribution in [0.1, 0.15) is 198 Å². The van der Waals surface area contributed by atoms with E-state index in [1.807, 2.05) is 48.5 Å². The number of amides is 4. The number of aromatic amines is 2. The van der Waals surface area contributed by atoms with Gasteiger partial charge in [-0.1, -0.05) is 167 Å². The smallest absolute Gasteiger partial charge is 0.263 e. The van der Waals surface area contributed by atoms with Gasteiger partial charge in [0, 0.05) is 55.4 Å². The summed E-state index contributed by atoms with van der Waals surface area (Å²) in [5.74, 6) is -1.30. The lowest BCUT2D eigenvalue weighted by Gasteiger charge is -2.38. The molecule has 8 nitrogen and oxygen atoms in total.